The van der Waals surface area contributed by atoms with Crippen LogP contribution in [0.25, 0.3) is 0 Å². The molecule has 19 heteroatoms. The summed E-state index contributed by atoms with van der Waals surface area (Å²) in [6, 6.07) is 0. The molecule has 0 radical (unpaired) electrons. The van der Waals surface area contributed by atoms with Gasteiger partial charge in [0.1, 0.15) is 19.3 Å². The molecule has 100 heavy (non-hydrogen) atoms. The summed E-state index contributed by atoms with van der Waals surface area (Å²) < 4.78 is 68.5. The van der Waals surface area contributed by atoms with E-state index in [4.69, 9.17) is 37.0 Å². The average Bonchev–Trinajstić information content (AvgIpc) is 0.935. The Morgan fingerprint density at radius 1 is 0.290 bits per heavy atom. The van der Waals surface area contributed by atoms with E-state index >= 15 is 0 Å². The van der Waals surface area contributed by atoms with E-state index in [1.54, 1.807) is 0 Å². The summed E-state index contributed by atoms with van der Waals surface area (Å²) >= 11 is 0. The van der Waals surface area contributed by atoms with Crippen LogP contribution in [-0.2, 0) is 65.4 Å². The second-order valence-electron chi connectivity index (χ2n) is 27.0. The lowest BCUT2D eigenvalue weighted by Gasteiger charge is -2.21. The molecule has 3 N–H and O–H groups in total. The molecule has 0 aromatic rings. The van der Waals surface area contributed by atoms with Crippen LogP contribution >= 0.6 is 15.6 Å². The third-order valence-electron chi connectivity index (χ3n) is 17.2. The first-order chi connectivity index (χ1) is 48.7. The Kier molecular flexibility index (Phi) is 71.2. The number of rotatable bonds is 76. The summed E-state index contributed by atoms with van der Waals surface area (Å²) in [5.74, 6) is -2.24. The van der Waals surface area contributed by atoms with Gasteiger partial charge in [0.15, 0.2) is 12.2 Å². The second-order valence-corrected chi connectivity index (χ2v) is 29.9. The van der Waals surface area contributed by atoms with Gasteiger partial charge in [-0.3, -0.25) is 37.3 Å². The Morgan fingerprint density at radius 2 is 0.520 bits per heavy atom. The third kappa shape index (κ3) is 72.8. The number of phosphoric ester groups is 2. The topological polar surface area (TPSA) is 237 Å². The molecule has 0 bridgehead atoms. The van der Waals surface area contributed by atoms with Gasteiger partial charge in [-0.1, -0.05) is 345 Å². The van der Waals surface area contributed by atoms with E-state index in [0.717, 1.165) is 103 Å². The SMILES string of the molecule is CC/C=C\C/C=C\C/C=C\C/C=C\C/C=C\C/C=C\CCC(=O)OCC(COP(=O)(O)OCC(O)COP(=O)(O)OCC(COC(=O)CCCCCCCCCCCCCCCCC)OC(=O)CCCCCCCCCCCCCCC)OC(=O)CCCCCCCCCCCCCCC. The molecule has 5 atom stereocenters. The smallest absolute Gasteiger partial charge is 0.462 e. The van der Waals surface area contributed by atoms with Crippen molar-refractivity contribution in [1.29, 1.82) is 0 Å². The fraction of sp³-hybridized carbons (Fsp3) is 0.802. The maximum Gasteiger partial charge on any atom is 0.472 e. The number of hydrogen-bond donors (Lipinski definition) is 3. The largest absolute Gasteiger partial charge is 0.472 e. The molecular formula is C81H146O17P2. The van der Waals surface area contributed by atoms with Crippen molar-refractivity contribution in [1.82, 2.24) is 0 Å². The minimum atomic E-state index is -4.98. The minimum absolute atomic E-state index is 0.0404. The molecule has 0 fully saturated rings. The molecule has 0 saturated carbocycles. The second kappa shape index (κ2) is 73.8. The van der Waals surface area contributed by atoms with E-state index in [9.17, 15) is 43.2 Å². The zero-order valence-electron chi connectivity index (χ0n) is 63.6. The van der Waals surface area contributed by atoms with Crippen molar-refractivity contribution in [2.45, 2.75) is 380 Å². The van der Waals surface area contributed by atoms with Crippen LogP contribution in [0.5, 0.6) is 0 Å². The van der Waals surface area contributed by atoms with Crippen molar-refractivity contribution in [3.8, 4) is 0 Å². The highest BCUT2D eigenvalue weighted by atomic mass is 31.2. The van der Waals surface area contributed by atoms with Crippen molar-refractivity contribution in [2.75, 3.05) is 39.6 Å². The van der Waals surface area contributed by atoms with E-state index in [-0.39, 0.29) is 25.7 Å². The molecular weight excluding hydrogens is 1310 g/mol. The van der Waals surface area contributed by atoms with Crippen LogP contribution in [0.3, 0.4) is 0 Å². The van der Waals surface area contributed by atoms with Crippen molar-refractivity contribution < 1.29 is 80.2 Å². The Morgan fingerprint density at radius 3 is 0.800 bits per heavy atom. The summed E-state index contributed by atoms with van der Waals surface area (Å²) in [4.78, 5) is 72.9. The van der Waals surface area contributed by atoms with Crippen LogP contribution in [0.4, 0.5) is 0 Å². The molecule has 0 aliphatic heterocycles. The van der Waals surface area contributed by atoms with Gasteiger partial charge in [-0.25, -0.2) is 9.13 Å². The summed E-state index contributed by atoms with van der Waals surface area (Å²) in [7, 11) is -9.95. The summed E-state index contributed by atoms with van der Waals surface area (Å²) in [6.45, 7) is 4.75. The van der Waals surface area contributed by atoms with Gasteiger partial charge in [-0.05, 0) is 64.2 Å². The van der Waals surface area contributed by atoms with Crippen molar-refractivity contribution >= 4 is 39.5 Å². The first-order valence-corrected chi connectivity index (χ1v) is 43.2. The molecule has 17 nitrogen and oxygen atoms in total. The number of ether oxygens (including phenoxy) is 4. The fourth-order valence-electron chi connectivity index (χ4n) is 11.1. The van der Waals surface area contributed by atoms with Gasteiger partial charge in [0.25, 0.3) is 0 Å². The summed E-state index contributed by atoms with van der Waals surface area (Å²) in [6.07, 6.45) is 74.7. The van der Waals surface area contributed by atoms with Crippen LogP contribution in [0, 0.1) is 0 Å². The first-order valence-electron chi connectivity index (χ1n) is 40.2. The maximum atomic E-state index is 13.1. The third-order valence-corrected chi connectivity index (χ3v) is 19.1. The predicted molar refractivity (Wildman–Crippen MR) is 409 cm³/mol. The van der Waals surface area contributed by atoms with Gasteiger partial charge >= 0.3 is 39.5 Å². The van der Waals surface area contributed by atoms with Crippen molar-refractivity contribution in [3.63, 3.8) is 0 Å². The number of aliphatic hydroxyl groups is 1. The van der Waals surface area contributed by atoms with Gasteiger partial charge < -0.3 is 33.8 Å². The zero-order valence-corrected chi connectivity index (χ0v) is 65.4. The molecule has 0 aliphatic carbocycles. The Hall–Kier alpha value is -3.50. The van der Waals surface area contributed by atoms with Crippen LogP contribution in [0.1, 0.15) is 362 Å². The van der Waals surface area contributed by atoms with Gasteiger partial charge in [0, 0.05) is 25.7 Å². The van der Waals surface area contributed by atoms with E-state index < -0.39 is 97.5 Å². The monoisotopic (exact) mass is 1450 g/mol. The van der Waals surface area contributed by atoms with Crippen LogP contribution < -0.4 is 0 Å². The lowest BCUT2D eigenvalue weighted by molar-refractivity contribution is -0.161. The highest BCUT2D eigenvalue weighted by Crippen LogP contribution is 2.45. The normalized spacial score (nSPS) is 14.3. The number of esters is 4. The Labute approximate surface area is 609 Å². The molecule has 0 saturated heterocycles. The van der Waals surface area contributed by atoms with Gasteiger partial charge in [0.05, 0.1) is 26.4 Å². The van der Waals surface area contributed by atoms with Gasteiger partial charge in [-0.2, -0.15) is 0 Å². The molecule has 5 unspecified atom stereocenters. The first kappa shape index (κ1) is 96.5. The molecule has 582 valence electrons. The van der Waals surface area contributed by atoms with E-state index in [1.807, 2.05) is 12.2 Å². The van der Waals surface area contributed by atoms with Crippen LogP contribution in [-0.4, -0.2) is 96.7 Å². The zero-order chi connectivity index (χ0) is 73.2. The number of phosphoric acid groups is 2. The van der Waals surface area contributed by atoms with Gasteiger partial charge in [-0.15, -0.1) is 0 Å². The lowest BCUT2D eigenvalue weighted by Crippen LogP contribution is -2.30. The quantitative estimate of drug-likeness (QED) is 0.0169. The Balaban J connectivity index is 5.35. The van der Waals surface area contributed by atoms with Crippen LogP contribution in [0.15, 0.2) is 72.9 Å². The van der Waals surface area contributed by atoms with E-state index in [1.165, 1.54) is 173 Å². The van der Waals surface area contributed by atoms with Crippen LogP contribution in [0.2, 0.25) is 0 Å². The van der Waals surface area contributed by atoms with Gasteiger partial charge in [0.2, 0.25) is 0 Å². The molecule has 0 heterocycles. The lowest BCUT2D eigenvalue weighted by atomic mass is 10.0. The summed E-state index contributed by atoms with van der Waals surface area (Å²) in [5, 5.41) is 10.6. The number of aliphatic hydroxyl groups excluding tert-OH is 1. The van der Waals surface area contributed by atoms with Crippen molar-refractivity contribution in [2.24, 2.45) is 0 Å². The molecule has 0 spiro atoms. The van der Waals surface area contributed by atoms with E-state index in [2.05, 4.69) is 88.5 Å². The number of hydrogen-bond acceptors (Lipinski definition) is 15. The number of allylic oxidation sites excluding steroid dienone is 12. The van der Waals surface area contributed by atoms with E-state index in [0.29, 0.717) is 32.1 Å². The highest BCUT2D eigenvalue weighted by molar-refractivity contribution is 7.47. The molecule has 0 aliphatic rings. The molecule has 0 amide bonds. The molecule has 0 rings (SSSR count). The average molecular weight is 1450 g/mol. The molecule has 0 aromatic carbocycles. The standard InChI is InChI=1S/C81H146O17P2/c1-5-9-13-17-21-25-29-33-35-36-37-38-40-44-46-50-54-58-62-66-79(84)92-72-77(98-81(86)68-64-60-56-52-48-42-32-28-24-20-16-12-8-4)74-96-100(89,90)94-70-75(82)69-93-99(87,88)95-73-76(97-80(85)67-63-59-55-51-47-41-31-27-23-19-15-11-7-3)71-91-78(83)65-61-57-53-49-45-43-39-34-30-26-22-18-14-10-6-2/h9,13,21,25,33,35,37-38,44,46,54,58,75-77,82H,5-8,10-12,14-20,22-24,26-32,34,36,39-43,45,47-53,55-57,59-74H2,1-4H3,(H,87,88)(H,89,90)/b13-9-,25-21-,35-33-,38-37-,46-44-,58-54-. The maximum absolute atomic E-state index is 13.1. The number of carbonyl (C=O) groups excluding carboxylic acids is 4. The number of unbranched alkanes of at least 4 members (excludes halogenated alkanes) is 38. The summed E-state index contributed by atoms with van der Waals surface area (Å²) in [5.41, 5.74) is 0. The highest BCUT2D eigenvalue weighted by Gasteiger charge is 2.30. The predicted octanol–water partition coefficient (Wildman–Crippen LogP) is 23.2. The van der Waals surface area contributed by atoms with Crippen molar-refractivity contribution in [3.05, 3.63) is 72.9 Å². The molecule has 0 aromatic heterocycles. The minimum Gasteiger partial charge on any atom is -0.462 e. The Bertz CT molecular complexity index is 2180. The fourth-order valence-corrected chi connectivity index (χ4v) is 12.7. The number of carbonyl (C=O) groups is 4.